The number of ether oxygens (including phenoxy) is 1. The van der Waals surface area contributed by atoms with Gasteiger partial charge in [-0.3, -0.25) is 4.79 Å². The van der Waals surface area contributed by atoms with Crippen molar-refractivity contribution in [3.05, 3.63) is 16.1 Å². The molecular formula is C11H16ClNO2S. The molecule has 5 heteroatoms. The van der Waals surface area contributed by atoms with E-state index < -0.39 is 0 Å². The van der Waals surface area contributed by atoms with Gasteiger partial charge in [-0.15, -0.1) is 22.9 Å². The Morgan fingerprint density at radius 2 is 2.38 bits per heavy atom. The molecule has 90 valence electrons. The van der Waals surface area contributed by atoms with Crippen molar-refractivity contribution in [3.8, 4) is 0 Å². The standard InChI is InChI=1S/C11H16ClNO2S/c1-3-5-10(15-4-2)11-13-8(7-16-11)9(14)6-12/h7,10H,3-6H2,1-2H3. The van der Waals surface area contributed by atoms with Crippen molar-refractivity contribution in [1.29, 1.82) is 0 Å². The topological polar surface area (TPSA) is 39.2 Å². The van der Waals surface area contributed by atoms with Crippen molar-refractivity contribution in [2.45, 2.75) is 32.8 Å². The zero-order valence-corrected chi connectivity index (χ0v) is 11.1. The molecule has 1 unspecified atom stereocenters. The number of alkyl halides is 1. The molecule has 3 nitrogen and oxygen atoms in total. The van der Waals surface area contributed by atoms with Gasteiger partial charge in [-0.25, -0.2) is 4.98 Å². The first-order valence-electron chi connectivity index (χ1n) is 5.39. The number of carbonyl (C=O) groups excluding carboxylic acids is 1. The summed E-state index contributed by atoms with van der Waals surface area (Å²) in [6.45, 7) is 4.72. The van der Waals surface area contributed by atoms with Crippen LogP contribution in [0.25, 0.3) is 0 Å². The molecule has 0 saturated carbocycles. The lowest BCUT2D eigenvalue weighted by Crippen LogP contribution is -2.06. The van der Waals surface area contributed by atoms with Crippen molar-refractivity contribution in [1.82, 2.24) is 4.98 Å². The maximum atomic E-state index is 11.3. The fourth-order valence-corrected chi connectivity index (χ4v) is 2.42. The second-order valence-corrected chi connectivity index (χ2v) is 4.52. The van der Waals surface area contributed by atoms with Crippen LogP contribution in [-0.4, -0.2) is 23.3 Å². The Bertz CT molecular complexity index is 334. The van der Waals surface area contributed by atoms with E-state index in [0.29, 0.717) is 12.3 Å². The van der Waals surface area contributed by atoms with Gasteiger partial charge in [-0.2, -0.15) is 0 Å². The number of nitrogens with zero attached hydrogens (tertiary/aromatic N) is 1. The quantitative estimate of drug-likeness (QED) is 0.558. The Labute approximate surface area is 105 Å². The molecule has 0 amide bonds. The van der Waals surface area contributed by atoms with Gasteiger partial charge in [0.25, 0.3) is 0 Å². The summed E-state index contributed by atoms with van der Waals surface area (Å²) >= 11 is 6.95. The van der Waals surface area contributed by atoms with Gasteiger partial charge in [0.1, 0.15) is 16.8 Å². The van der Waals surface area contributed by atoms with E-state index in [4.69, 9.17) is 16.3 Å². The molecule has 16 heavy (non-hydrogen) atoms. The molecule has 0 aliphatic heterocycles. The van der Waals surface area contributed by atoms with E-state index >= 15 is 0 Å². The summed E-state index contributed by atoms with van der Waals surface area (Å²) in [5.41, 5.74) is 0.454. The molecule has 0 radical (unpaired) electrons. The molecular weight excluding hydrogens is 246 g/mol. The number of halogens is 1. The molecule has 1 heterocycles. The highest BCUT2D eigenvalue weighted by atomic mass is 35.5. The first-order valence-corrected chi connectivity index (χ1v) is 6.80. The van der Waals surface area contributed by atoms with E-state index in [1.165, 1.54) is 11.3 Å². The van der Waals surface area contributed by atoms with E-state index in [-0.39, 0.29) is 17.8 Å². The van der Waals surface area contributed by atoms with Crippen LogP contribution in [0.2, 0.25) is 0 Å². The molecule has 0 spiro atoms. The number of hydrogen-bond acceptors (Lipinski definition) is 4. The molecule has 0 saturated heterocycles. The Kier molecular flexibility index (Phi) is 5.95. The zero-order chi connectivity index (χ0) is 12.0. The van der Waals surface area contributed by atoms with Gasteiger partial charge in [0, 0.05) is 12.0 Å². The molecule has 1 rings (SSSR count). The molecule has 1 aromatic rings. The number of aromatic nitrogens is 1. The lowest BCUT2D eigenvalue weighted by Gasteiger charge is -2.12. The summed E-state index contributed by atoms with van der Waals surface area (Å²) in [5, 5.41) is 2.62. The fourth-order valence-electron chi connectivity index (χ4n) is 1.37. The molecule has 0 aromatic carbocycles. The highest BCUT2D eigenvalue weighted by Gasteiger charge is 2.17. The lowest BCUT2D eigenvalue weighted by molar-refractivity contribution is 0.0554. The van der Waals surface area contributed by atoms with Gasteiger partial charge < -0.3 is 4.74 Å². The third-order valence-electron chi connectivity index (χ3n) is 2.12. The van der Waals surface area contributed by atoms with Crippen LogP contribution in [-0.2, 0) is 4.74 Å². The molecule has 0 N–H and O–H groups in total. The predicted octanol–water partition coefficient (Wildman–Crippen LogP) is 3.44. The van der Waals surface area contributed by atoms with Gasteiger partial charge >= 0.3 is 0 Å². The normalized spacial score (nSPS) is 12.7. The van der Waals surface area contributed by atoms with Gasteiger partial charge in [0.05, 0.1) is 5.88 Å². The first kappa shape index (κ1) is 13.6. The summed E-state index contributed by atoms with van der Waals surface area (Å²) in [6.07, 6.45) is 1.97. The minimum absolute atomic E-state index is 0.0110. The molecule has 1 atom stereocenters. The van der Waals surface area contributed by atoms with Crippen molar-refractivity contribution >= 4 is 28.7 Å². The lowest BCUT2D eigenvalue weighted by atomic mass is 10.2. The van der Waals surface area contributed by atoms with Gasteiger partial charge in [-0.1, -0.05) is 13.3 Å². The van der Waals surface area contributed by atoms with E-state index in [9.17, 15) is 4.79 Å². The smallest absolute Gasteiger partial charge is 0.196 e. The van der Waals surface area contributed by atoms with Crippen LogP contribution in [0.5, 0.6) is 0 Å². The SMILES string of the molecule is CCCC(OCC)c1nc(C(=O)CCl)cs1. The number of Topliss-reactive ketones (excluding diaryl/α,β-unsaturated/α-hetero) is 1. The van der Waals surface area contributed by atoms with Gasteiger partial charge in [0.2, 0.25) is 0 Å². The summed E-state index contributed by atoms with van der Waals surface area (Å²) in [6, 6.07) is 0. The number of rotatable bonds is 7. The van der Waals surface area contributed by atoms with Crippen molar-refractivity contribution < 1.29 is 9.53 Å². The van der Waals surface area contributed by atoms with Crippen molar-refractivity contribution in [2.75, 3.05) is 12.5 Å². The highest BCUT2D eigenvalue weighted by Crippen LogP contribution is 2.26. The Morgan fingerprint density at radius 3 is 2.94 bits per heavy atom. The van der Waals surface area contributed by atoms with E-state index in [0.717, 1.165) is 17.8 Å². The van der Waals surface area contributed by atoms with Crippen LogP contribution in [0.4, 0.5) is 0 Å². The number of hydrogen-bond donors (Lipinski definition) is 0. The number of ketones is 1. The van der Waals surface area contributed by atoms with Crippen LogP contribution >= 0.6 is 22.9 Å². The third kappa shape index (κ3) is 3.54. The predicted molar refractivity (Wildman–Crippen MR) is 66.4 cm³/mol. The van der Waals surface area contributed by atoms with Crippen LogP contribution in [0.1, 0.15) is 48.3 Å². The van der Waals surface area contributed by atoms with E-state index in [2.05, 4.69) is 11.9 Å². The Balaban J connectivity index is 2.76. The second kappa shape index (κ2) is 6.99. The number of carbonyl (C=O) groups is 1. The fraction of sp³-hybridized carbons (Fsp3) is 0.636. The summed E-state index contributed by atoms with van der Waals surface area (Å²) in [5.74, 6) is -0.146. The second-order valence-electron chi connectivity index (χ2n) is 3.36. The summed E-state index contributed by atoms with van der Waals surface area (Å²) in [4.78, 5) is 15.6. The molecule has 0 aliphatic rings. The first-order chi connectivity index (χ1) is 7.72. The average Bonchev–Trinajstić information content (AvgIpc) is 2.77. The monoisotopic (exact) mass is 261 g/mol. The van der Waals surface area contributed by atoms with Crippen LogP contribution in [0, 0.1) is 0 Å². The number of thiazole rings is 1. The molecule has 0 aliphatic carbocycles. The molecule has 1 aromatic heterocycles. The van der Waals surface area contributed by atoms with Crippen LogP contribution < -0.4 is 0 Å². The minimum Gasteiger partial charge on any atom is -0.371 e. The zero-order valence-electron chi connectivity index (χ0n) is 9.53. The van der Waals surface area contributed by atoms with Crippen LogP contribution in [0.15, 0.2) is 5.38 Å². The van der Waals surface area contributed by atoms with Crippen molar-refractivity contribution in [2.24, 2.45) is 0 Å². The molecule has 0 bridgehead atoms. The Hall–Kier alpha value is -0.450. The maximum absolute atomic E-state index is 11.3. The third-order valence-corrected chi connectivity index (χ3v) is 3.30. The van der Waals surface area contributed by atoms with Gasteiger partial charge in [-0.05, 0) is 13.3 Å². The summed E-state index contributed by atoms with van der Waals surface area (Å²) < 4.78 is 5.60. The highest BCUT2D eigenvalue weighted by molar-refractivity contribution is 7.09. The van der Waals surface area contributed by atoms with E-state index in [1.807, 2.05) is 6.92 Å². The Morgan fingerprint density at radius 1 is 1.62 bits per heavy atom. The van der Waals surface area contributed by atoms with Crippen molar-refractivity contribution in [3.63, 3.8) is 0 Å². The maximum Gasteiger partial charge on any atom is 0.196 e. The minimum atomic E-state index is -0.129. The largest absolute Gasteiger partial charge is 0.371 e. The summed E-state index contributed by atoms with van der Waals surface area (Å²) in [7, 11) is 0. The average molecular weight is 262 g/mol. The van der Waals surface area contributed by atoms with E-state index in [1.54, 1.807) is 5.38 Å². The molecule has 0 fully saturated rings. The van der Waals surface area contributed by atoms with Gasteiger partial charge in [0.15, 0.2) is 5.78 Å². The van der Waals surface area contributed by atoms with Crippen LogP contribution in [0.3, 0.4) is 0 Å².